The largest absolute Gasteiger partial charge is 0.487 e. The Balaban J connectivity index is 1.74. The van der Waals surface area contributed by atoms with Crippen LogP contribution in [0, 0.1) is 10.1 Å². The Kier molecular flexibility index (Phi) is 5.02. The molecule has 0 fully saturated rings. The number of thiocarbonyl (C=S) groups is 1. The van der Waals surface area contributed by atoms with Crippen LogP contribution in [0.2, 0.25) is 5.02 Å². The molecule has 0 bridgehead atoms. The van der Waals surface area contributed by atoms with Crippen molar-refractivity contribution in [3.05, 3.63) is 63.2 Å². The van der Waals surface area contributed by atoms with Crippen molar-refractivity contribution in [2.75, 3.05) is 5.32 Å². The minimum Gasteiger partial charge on any atom is -0.487 e. The number of non-ortho nitro benzene ring substituents is 1. The summed E-state index contributed by atoms with van der Waals surface area (Å²) in [6.07, 6.45) is 0.711. The molecule has 1 unspecified atom stereocenters. The Labute approximate surface area is 161 Å². The van der Waals surface area contributed by atoms with Crippen LogP contribution in [0.5, 0.6) is 5.75 Å². The van der Waals surface area contributed by atoms with Gasteiger partial charge in [0.2, 0.25) is 0 Å². The van der Waals surface area contributed by atoms with E-state index in [0.717, 1.165) is 11.3 Å². The van der Waals surface area contributed by atoms with E-state index in [1.807, 2.05) is 26.0 Å². The zero-order valence-corrected chi connectivity index (χ0v) is 15.9. The van der Waals surface area contributed by atoms with Crippen LogP contribution < -0.4 is 15.4 Å². The highest BCUT2D eigenvalue weighted by Crippen LogP contribution is 2.40. The van der Waals surface area contributed by atoms with Crippen molar-refractivity contribution >= 4 is 40.3 Å². The minimum absolute atomic E-state index is 0.0316. The average Bonchev–Trinajstić information content (AvgIpc) is 2.55. The van der Waals surface area contributed by atoms with E-state index in [0.29, 0.717) is 22.2 Å². The number of nitro groups is 1. The van der Waals surface area contributed by atoms with Gasteiger partial charge in [-0.05, 0) is 56.4 Å². The molecule has 1 atom stereocenters. The lowest BCUT2D eigenvalue weighted by molar-refractivity contribution is -0.384. The molecule has 8 heteroatoms. The summed E-state index contributed by atoms with van der Waals surface area (Å²) >= 11 is 11.5. The third kappa shape index (κ3) is 4.23. The maximum absolute atomic E-state index is 10.7. The Hall–Kier alpha value is -2.38. The number of fused-ring (bicyclic) bond motifs is 1. The summed E-state index contributed by atoms with van der Waals surface area (Å²) in [5.41, 5.74) is 1.31. The second-order valence-electron chi connectivity index (χ2n) is 6.70. The third-order valence-corrected chi connectivity index (χ3v) is 4.53. The maximum Gasteiger partial charge on any atom is 0.269 e. The Morgan fingerprint density at radius 3 is 2.65 bits per heavy atom. The maximum atomic E-state index is 10.7. The molecular weight excluding hydrogens is 374 g/mol. The van der Waals surface area contributed by atoms with Gasteiger partial charge >= 0.3 is 0 Å². The number of halogens is 1. The van der Waals surface area contributed by atoms with Crippen molar-refractivity contribution < 1.29 is 9.66 Å². The molecule has 0 saturated carbocycles. The molecule has 0 saturated heterocycles. The van der Waals surface area contributed by atoms with Gasteiger partial charge in [-0.2, -0.15) is 0 Å². The molecule has 2 aromatic rings. The van der Waals surface area contributed by atoms with E-state index < -0.39 is 4.92 Å². The van der Waals surface area contributed by atoms with Gasteiger partial charge in [0.15, 0.2) is 5.11 Å². The zero-order chi connectivity index (χ0) is 18.9. The van der Waals surface area contributed by atoms with Gasteiger partial charge in [-0.1, -0.05) is 11.6 Å². The van der Waals surface area contributed by atoms with Crippen LogP contribution in [-0.2, 0) is 0 Å². The van der Waals surface area contributed by atoms with E-state index in [1.165, 1.54) is 12.1 Å². The predicted molar refractivity (Wildman–Crippen MR) is 106 cm³/mol. The molecule has 1 aliphatic heterocycles. The highest BCUT2D eigenvalue weighted by Gasteiger charge is 2.34. The summed E-state index contributed by atoms with van der Waals surface area (Å²) in [4.78, 5) is 10.3. The number of anilines is 1. The highest BCUT2D eigenvalue weighted by molar-refractivity contribution is 7.80. The second-order valence-corrected chi connectivity index (χ2v) is 7.55. The molecule has 1 heterocycles. The highest BCUT2D eigenvalue weighted by atomic mass is 35.5. The first-order valence-corrected chi connectivity index (χ1v) is 8.82. The number of nitro benzene ring substituents is 1. The fraction of sp³-hybridized carbons (Fsp3) is 0.278. The Morgan fingerprint density at radius 2 is 2.00 bits per heavy atom. The van der Waals surface area contributed by atoms with Crippen LogP contribution in [0.4, 0.5) is 11.4 Å². The topological polar surface area (TPSA) is 76.4 Å². The lowest BCUT2D eigenvalue weighted by Crippen LogP contribution is -2.42. The summed E-state index contributed by atoms with van der Waals surface area (Å²) in [5, 5.41) is 18.1. The van der Waals surface area contributed by atoms with Gasteiger partial charge in [0.1, 0.15) is 11.4 Å². The van der Waals surface area contributed by atoms with Crippen LogP contribution in [-0.4, -0.2) is 15.6 Å². The molecular formula is C18H18ClN3O3S. The van der Waals surface area contributed by atoms with E-state index in [1.54, 1.807) is 18.2 Å². The van der Waals surface area contributed by atoms with Crippen molar-refractivity contribution in [2.24, 2.45) is 0 Å². The van der Waals surface area contributed by atoms with Crippen molar-refractivity contribution in [1.29, 1.82) is 0 Å². The fourth-order valence-corrected chi connectivity index (χ4v) is 3.39. The second kappa shape index (κ2) is 7.09. The molecule has 0 spiro atoms. The van der Waals surface area contributed by atoms with Crippen molar-refractivity contribution in [1.82, 2.24) is 5.32 Å². The van der Waals surface area contributed by atoms with Crippen molar-refractivity contribution in [2.45, 2.75) is 31.9 Å². The van der Waals surface area contributed by atoms with Crippen LogP contribution in [0.25, 0.3) is 0 Å². The van der Waals surface area contributed by atoms with Crippen LogP contribution in [0.3, 0.4) is 0 Å². The molecule has 2 N–H and O–H groups in total. The van der Waals surface area contributed by atoms with E-state index >= 15 is 0 Å². The molecule has 0 aliphatic carbocycles. The zero-order valence-electron chi connectivity index (χ0n) is 14.3. The van der Waals surface area contributed by atoms with Gasteiger partial charge in [-0.15, -0.1) is 0 Å². The number of nitrogens with one attached hydrogen (secondary N) is 2. The first-order chi connectivity index (χ1) is 12.2. The van der Waals surface area contributed by atoms with Gasteiger partial charge in [0.05, 0.1) is 11.0 Å². The quantitative estimate of drug-likeness (QED) is 0.443. The van der Waals surface area contributed by atoms with Gasteiger partial charge < -0.3 is 15.4 Å². The molecule has 0 amide bonds. The van der Waals surface area contributed by atoms with Gasteiger partial charge in [0, 0.05) is 34.8 Å². The molecule has 26 heavy (non-hydrogen) atoms. The minimum atomic E-state index is -0.439. The molecule has 136 valence electrons. The number of rotatable bonds is 3. The summed E-state index contributed by atoms with van der Waals surface area (Å²) < 4.78 is 6.01. The van der Waals surface area contributed by atoms with E-state index in [2.05, 4.69) is 10.6 Å². The van der Waals surface area contributed by atoms with E-state index in [9.17, 15) is 10.1 Å². The monoisotopic (exact) mass is 391 g/mol. The smallest absolute Gasteiger partial charge is 0.269 e. The summed E-state index contributed by atoms with van der Waals surface area (Å²) in [6.45, 7) is 4.04. The number of ether oxygens (including phenoxy) is 1. The fourth-order valence-electron chi connectivity index (χ4n) is 2.95. The Bertz CT molecular complexity index is 855. The van der Waals surface area contributed by atoms with E-state index in [-0.39, 0.29) is 17.3 Å². The normalized spacial score (nSPS) is 17.6. The molecule has 1 aliphatic rings. The SMILES string of the molecule is CC1(C)CC(NC(=S)Nc2ccc([N+](=O)[O-])cc2)c2cc(Cl)ccc2O1. The summed E-state index contributed by atoms with van der Waals surface area (Å²) in [5.74, 6) is 0.779. The molecule has 6 nitrogen and oxygen atoms in total. The predicted octanol–water partition coefficient (Wildman–Crippen LogP) is 4.84. The lowest BCUT2D eigenvalue weighted by Gasteiger charge is -2.38. The molecule has 0 radical (unpaired) electrons. The van der Waals surface area contributed by atoms with Gasteiger partial charge in [-0.25, -0.2) is 0 Å². The van der Waals surface area contributed by atoms with Crippen LogP contribution in [0.1, 0.15) is 31.9 Å². The number of hydrogen-bond acceptors (Lipinski definition) is 4. The van der Waals surface area contributed by atoms with Crippen LogP contribution >= 0.6 is 23.8 Å². The number of nitrogens with zero attached hydrogens (tertiary/aromatic N) is 1. The molecule has 3 rings (SSSR count). The molecule has 0 aromatic heterocycles. The molecule has 2 aromatic carbocycles. The van der Waals surface area contributed by atoms with E-state index in [4.69, 9.17) is 28.6 Å². The number of hydrogen-bond donors (Lipinski definition) is 2. The summed E-state index contributed by atoms with van der Waals surface area (Å²) in [6, 6.07) is 11.6. The third-order valence-electron chi connectivity index (χ3n) is 4.07. The van der Waals surface area contributed by atoms with Gasteiger partial charge in [-0.3, -0.25) is 10.1 Å². The van der Waals surface area contributed by atoms with Crippen molar-refractivity contribution in [3.8, 4) is 5.75 Å². The van der Waals surface area contributed by atoms with Gasteiger partial charge in [0.25, 0.3) is 5.69 Å². The lowest BCUT2D eigenvalue weighted by atomic mass is 9.90. The average molecular weight is 392 g/mol. The Morgan fingerprint density at radius 1 is 1.31 bits per heavy atom. The first-order valence-electron chi connectivity index (χ1n) is 8.04. The van der Waals surface area contributed by atoms with Crippen LogP contribution in [0.15, 0.2) is 42.5 Å². The standard InChI is InChI=1S/C18H18ClN3O3S/c1-18(2)10-15(14-9-11(19)3-8-16(14)25-18)21-17(26)20-12-4-6-13(7-5-12)22(23)24/h3-9,15H,10H2,1-2H3,(H2,20,21,26). The first kappa shape index (κ1) is 18.4. The number of benzene rings is 2. The van der Waals surface area contributed by atoms with Crippen molar-refractivity contribution in [3.63, 3.8) is 0 Å². The summed E-state index contributed by atoms with van der Waals surface area (Å²) in [7, 11) is 0.